The average Bonchev–Trinajstić information content (AvgIpc) is 2.81. The topological polar surface area (TPSA) is 114 Å². The number of likely N-dealkylation sites (N-methyl/N-ethyl adjacent to an activating group) is 1. The Hall–Kier alpha value is -3.73. The third-order valence-electron chi connectivity index (χ3n) is 6.32. The molecule has 2 atom stereocenters. The first-order valence-corrected chi connectivity index (χ1v) is 11.4. The van der Waals surface area contributed by atoms with Crippen LogP contribution in [0.1, 0.15) is 24.8 Å². The summed E-state index contributed by atoms with van der Waals surface area (Å²) < 4.78 is 13.2. The lowest BCUT2D eigenvalue weighted by molar-refractivity contribution is -0.188. The van der Waals surface area contributed by atoms with Gasteiger partial charge in [-0.25, -0.2) is 19.2 Å². The Morgan fingerprint density at radius 2 is 1.91 bits per heavy atom. The average molecular weight is 486 g/mol. The summed E-state index contributed by atoms with van der Waals surface area (Å²) in [4.78, 5) is 53.8. The Bertz CT molecular complexity index is 1070. The number of allylic oxidation sites excluding steroid dienone is 2. The smallest absolute Gasteiger partial charge is 0.334 e. The highest BCUT2D eigenvalue weighted by atomic mass is 19.1. The minimum atomic E-state index is -1.21. The van der Waals surface area contributed by atoms with Crippen LogP contribution in [0.2, 0.25) is 0 Å². The molecule has 2 aliphatic heterocycles. The van der Waals surface area contributed by atoms with Crippen molar-refractivity contribution in [2.75, 3.05) is 26.7 Å². The summed E-state index contributed by atoms with van der Waals surface area (Å²) >= 11 is 0. The Morgan fingerprint density at radius 3 is 2.57 bits per heavy atom. The molecule has 4 amide bonds. The van der Waals surface area contributed by atoms with Gasteiger partial charge in [-0.15, -0.1) is 0 Å². The second-order valence-electron chi connectivity index (χ2n) is 8.82. The quantitative estimate of drug-likeness (QED) is 0.628. The number of hydrogen-bond acceptors (Lipinski definition) is 5. The lowest BCUT2D eigenvalue weighted by atomic mass is 10.0. The standard InChI is InChI=1S/C24H28FN5O5/c1-27-15-21(31)29-19(11-22(32)33)23(34)28(13-17-5-3-2-4-6-17)14-20(29)30(27)24(35)26-12-16-7-9-18(25)10-8-16/h3,5-10,19-20H,2,4,11-15H2,1H3,(H,26,35)(H,32,33)/t19-,20-/m0/s1. The number of amides is 4. The van der Waals surface area contributed by atoms with Gasteiger partial charge in [0, 0.05) is 20.1 Å². The summed E-state index contributed by atoms with van der Waals surface area (Å²) in [5, 5.41) is 15.1. The molecule has 2 heterocycles. The van der Waals surface area contributed by atoms with Gasteiger partial charge in [0.1, 0.15) is 18.0 Å². The van der Waals surface area contributed by atoms with Crippen LogP contribution in [0.3, 0.4) is 0 Å². The maximum atomic E-state index is 13.3. The number of carbonyl (C=O) groups excluding carboxylic acids is 3. The predicted molar refractivity (Wildman–Crippen MR) is 123 cm³/mol. The summed E-state index contributed by atoms with van der Waals surface area (Å²) in [6.07, 6.45) is 6.30. The Morgan fingerprint density at radius 1 is 1.17 bits per heavy atom. The van der Waals surface area contributed by atoms with E-state index in [1.54, 1.807) is 19.2 Å². The number of urea groups is 1. The number of benzene rings is 1. The van der Waals surface area contributed by atoms with Crippen molar-refractivity contribution < 1.29 is 28.7 Å². The highest BCUT2D eigenvalue weighted by Gasteiger charge is 2.51. The SMILES string of the molecule is CN1CC(=O)N2[C@@H](CC(=O)O)C(=O)N(CC3=CCCC=C3)C[C@@H]2N1C(=O)NCc1ccc(F)cc1. The van der Waals surface area contributed by atoms with Gasteiger partial charge < -0.3 is 20.2 Å². The number of aliphatic carboxylic acids is 1. The normalized spacial score (nSPS) is 22.7. The van der Waals surface area contributed by atoms with E-state index in [2.05, 4.69) is 5.32 Å². The number of halogens is 1. The minimum Gasteiger partial charge on any atom is -0.481 e. The van der Waals surface area contributed by atoms with Crippen LogP contribution < -0.4 is 5.32 Å². The molecule has 0 spiro atoms. The number of carboxylic acids is 1. The fourth-order valence-electron chi connectivity index (χ4n) is 4.68. The van der Waals surface area contributed by atoms with Gasteiger partial charge in [0.25, 0.3) is 0 Å². The van der Waals surface area contributed by atoms with Crippen molar-refractivity contribution in [3.63, 3.8) is 0 Å². The number of carbonyl (C=O) groups is 4. The highest BCUT2D eigenvalue weighted by molar-refractivity contribution is 5.93. The zero-order valence-electron chi connectivity index (χ0n) is 19.4. The molecule has 0 saturated carbocycles. The highest BCUT2D eigenvalue weighted by Crippen LogP contribution is 2.28. The van der Waals surface area contributed by atoms with E-state index in [-0.39, 0.29) is 32.0 Å². The first-order chi connectivity index (χ1) is 16.7. The second-order valence-corrected chi connectivity index (χ2v) is 8.82. The molecular weight excluding hydrogens is 457 g/mol. The molecule has 11 heteroatoms. The van der Waals surface area contributed by atoms with Crippen LogP contribution in [0.4, 0.5) is 9.18 Å². The number of nitrogens with one attached hydrogen (secondary N) is 1. The summed E-state index contributed by atoms with van der Waals surface area (Å²) in [6.45, 7) is 0.250. The van der Waals surface area contributed by atoms with E-state index >= 15 is 0 Å². The van der Waals surface area contributed by atoms with Crippen LogP contribution in [0.25, 0.3) is 0 Å². The molecule has 1 aromatic rings. The molecule has 2 fully saturated rings. The molecule has 1 aromatic carbocycles. The predicted octanol–water partition coefficient (Wildman–Crippen LogP) is 1.31. The molecule has 10 nitrogen and oxygen atoms in total. The van der Waals surface area contributed by atoms with Crippen molar-refractivity contribution in [1.82, 2.24) is 25.1 Å². The molecule has 4 rings (SSSR count). The van der Waals surface area contributed by atoms with Crippen molar-refractivity contribution in [3.8, 4) is 0 Å². The van der Waals surface area contributed by atoms with Gasteiger partial charge in [0.15, 0.2) is 0 Å². The molecule has 186 valence electrons. The van der Waals surface area contributed by atoms with Crippen LogP contribution in [0.5, 0.6) is 0 Å². The van der Waals surface area contributed by atoms with E-state index in [0.717, 1.165) is 18.4 Å². The minimum absolute atomic E-state index is 0.0418. The Labute approximate surface area is 202 Å². The number of hydrazine groups is 1. The van der Waals surface area contributed by atoms with Crippen molar-refractivity contribution in [2.45, 2.75) is 38.0 Å². The van der Waals surface area contributed by atoms with E-state index in [1.807, 2.05) is 18.2 Å². The van der Waals surface area contributed by atoms with Crippen molar-refractivity contribution >= 4 is 23.8 Å². The number of rotatable bonds is 6. The zero-order chi connectivity index (χ0) is 25.1. The van der Waals surface area contributed by atoms with Crippen molar-refractivity contribution in [1.29, 1.82) is 0 Å². The first kappa shape index (κ1) is 24.4. The zero-order valence-corrected chi connectivity index (χ0v) is 19.4. The molecule has 0 unspecified atom stereocenters. The second kappa shape index (κ2) is 10.3. The van der Waals surface area contributed by atoms with Gasteiger partial charge in [-0.2, -0.15) is 0 Å². The monoisotopic (exact) mass is 485 g/mol. The summed E-state index contributed by atoms with van der Waals surface area (Å²) in [5.74, 6) is -2.46. The molecule has 3 aliphatic rings. The van der Waals surface area contributed by atoms with Crippen LogP contribution in [0.15, 0.2) is 48.1 Å². The van der Waals surface area contributed by atoms with Crippen molar-refractivity contribution in [2.24, 2.45) is 0 Å². The van der Waals surface area contributed by atoms with E-state index in [4.69, 9.17) is 0 Å². The lowest BCUT2D eigenvalue weighted by Crippen LogP contribution is -2.76. The third-order valence-corrected chi connectivity index (χ3v) is 6.32. The summed E-state index contributed by atoms with van der Waals surface area (Å²) in [5.41, 5.74) is 1.61. The fraction of sp³-hybridized carbons (Fsp3) is 0.417. The number of nitrogens with zero attached hydrogens (tertiary/aromatic N) is 4. The molecule has 0 bridgehead atoms. The first-order valence-electron chi connectivity index (χ1n) is 11.4. The maximum absolute atomic E-state index is 13.3. The van der Waals surface area contributed by atoms with Crippen LogP contribution in [-0.4, -0.2) is 87.6 Å². The Balaban J connectivity index is 1.59. The fourth-order valence-corrected chi connectivity index (χ4v) is 4.68. The van der Waals surface area contributed by atoms with Crippen LogP contribution in [0, 0.1) is 5.82 Å². The Kier molecular flexibility index (Phi) is 7.15. The lowest BCUT2D eigenvalue weighted by Gasteiger charge is -2.54. The van der Waals surface area contributed by atoms with Gasteiger partial charge >= 0.3 is 12.0 Å². The summed E-state index contributed by atoms with van der Waals surface area (Å²) in [6, 6.07) is 3.98. The molecule has 0 radical (unpaired) electrons. The van der Waals surface area contributed by atoms with E-state index in [0.29, 0.717) is 5.56 Å². The largest absolute Gasteiger partial charge is 0.481 e. The van der Waals surface area contributed by atoms with E-state index in [1.165, 1.54) is 32.0 Å². The van der Waals surface area contributed by atoms with Gasteiger partial charge in [0.2, 0.25) is 11.8 Å². The van der Waals surface area contributed by atoms with E-state index in [9.17, 15) is 28.7 Å². The van der Waals surface area contributed by atoms with Gasteiger partial charge in [0.05, 0.1) is 19.5 Å². The number of hydrogen-bond donors (Lipinski definition) is 2. The van der Waals surface area contributed by atoms with Crippen molar-refractivity contribution in [3.05, 3.63) is 59.4 Å². The van der Waals surface area contributed by atoms with E-state index < -0.39 is 42.4 Å². The number of fused-ring (bicyclic) bond motifs is 1. The molecule has 2 N–H and O–H groups in total. The van der Waals surface area contributed by atoms with Gasteiger partial charge in [-0.3, -0.25) is 14.4 Å². The van der Waals surface area contributed by atoms with Crippen LogP contribution >= 0.6 is 0 Å². The van der Waals surface area contributed by atoms with Gasteiger partial charge in [-0.05, 0) is 36.1 Å². The molecule has 0 aromatic heterocycles. The number of carboxylic acid groups (broad SMARTS) is 1. The molecule has 1 aliphatic carbocycles. The third kappa shape index (κ3) is 5.35. The summed E-state index contributed by atoms with van der Waals surface area (Å²) in [7, 11) is 1.59. The molecule has 35 heavy (non-hydrogen) atoms. The molecule has 2 saturated heterocycles. The molecular formula is C24H28FN5O5. The van der Waals surface area contributed by atoms with Gasteiger partial charge in [-0.1, -0.05) is 30.4 Å². The number of piperazine rings is 1. The van der Waals surface area contributed by atoms with Crippen LogP contribution in [-0.2, 0) is 20.9 Å². The maximum Gasteiger partial charge on any atom is 0.334 e.